The summed E-state index contributed by atoms with van der Waals surface area (Å²) in [5, 5.41) is 2.77. The predicted molar refractivity (Wildman–Crippen MR) is 96.4 cm³/mol. The van der Waals surface area contributed by atoms with Gasteiger partial charge in [-0.2, -0.15) is 0 Å². The normalized spacial score (nSPS) is 16.7. The smallest absolute Gasteiger partial charge is 0.323 e. The van der Waals surface area contributed by atoms with Crippen LogP contribution in [-0.2, 0) is 27.3 Å². The quantitative estimate of drug-likeness (QED) is 0.833. The van der Waals surface area contributed by atoms with E-state index >= 15 is 0 Å². The summed E-state index contributed by atoms with van der Waals surface area (Å²) < 4.78 is 18.7. The SMILES string of the molecule is COC(=O)[C@@H]1Cc2ccccc2CN1CC(=O)Nc1ccc(Cl)cc1F. The zero-order chi connectivity index (χ0) is 18.7. The van der Waals surface area contributed by atoms with E-state index in [4.69, 9.17) is 16.3 Å². The molecule has 1 heterocycles. The van der Waals surface area contributed by atoms with Crippen LogP contribution in [0.15, 0.2) is 42.5 Å². The molecule has 3 rings (SSSR count). The number of anilines is 1. The van der Waals surface area contributed by atoms with E-state index in [1.165, 1.54) is 19.2 Å². The molecular formula is C19H18ClFN2O3. The minimum absolute atomic E-state index is 0.0476. The molecule has 0 spiro atoms. The molecule has 1 aliphatic heterocycles. The third-order valence-electron chi connectivity index (χ3n) is 4.37. The Morgan fingerprint density at radius 3 is 2.69 bits per heavy atom. The highest BCUT2D eigenvalue weighted by atomic mass is 35.5. The number of ether oxygens (including phenoxy) is 1. The number of nitrogens with one attached hydrogen (secondary N) is 1. The molecule has 0 radical (unpaired) electrons. The molecule has 1 amide bonds. The van der Waals surface area contributed by atoms with Gasteiger partial charge in [0.1, 0.15) is 11.9 Å². The van der Waals surface area contributed by atoms with Crippen molar-refractivity contribution < 1.29 is 18.7 Å². The Kier molecular flexibility index (Phi) is 5.54. The second kappa shape index (κ2) is 7.85. The van der Waals surface area contributed by atoms with E-state index in [2.05, 4.69) is 5.32 Å². The summed E-state index contributed by atoms with van der Waals surface area (Å²) in [5.41, 5.74) is 2.16. The Morgan fingerprint density at radius 1 is 1.27 bits per heavy atom. The number of hydrogen-bond donors (Lipinski definition) is 1. The van der Waals surface area contributed by atoms with E-state index in [1.807, 2.05) is 24.3 Å². The van der Waals surface area contributed by atoms with E-state index in [1.54, 1.807) is 4.90 Å². The van der Waals surface area contributed by atoms with Crippen LogP contribution < -0.4 is 5.32 Å². The van der Waals surface area contributed by atoms with E-state index in [9.17, 15) is 14.0 Å². The maximum atomic E-state index is 13.9. The number of carbonyl (C=O) groups is 2. The first-order valence-electron chi connectivity index (χ1n) is 8.11. The lowest BCUT2D eigenvalue weighted by molar-refractivity contribution is -0.148. The van der Waals surface area contributed by atoms with Crippen LogP contribution in [0.4, 0.5) is 10.1 Å². The van der Waals surface area contributed by atoms with Gasteiger partial charge < -0.3 is 10.1 Å². The molecule has 0 bridgehead atoms. The highest BCUT2D eigenvalue weighted by Gasteiger charge is 2.33. The van der Waals surface area contributed by atoms with Crippen molar-refractivity contribution in [2.45, 2.75) is 19.0 Å². The first-order valence-corrected chi connectivity index (χ1v) is 8.49. The van der Waals surface area contributed by atoms with Crippen molar-refractivity contribution in [1.29, 1.82) is 0 Å². The summed E-state index contributed by atoms with van der Waals surface area (Å²) in [6.07, 6.45) is 0.464. The van der Waals surface area contributed by atoms with Crippen LogP contribution in [-0.4, -0.2) is 36.5 Å². The van der Waals surface area contributed by atoms with E-state index < -0.39 is 23.7 Å². The van der Waals surface area contributed by atoms with Gasteiger partial charge in [0.2, 0.25) is 5.91 Å². The predicted octanol–water partition coefficient (Wildman–Crippen LogP) is 3.02. The summed E-state index contributed by atoms with van der Waals surface area (Å²) in [7, 11) is 1.32. The number of carbonyl (C=O) groups excluding carboxylic acids is 2. The summed E-state index contributed by atoms with van der Waals surface area (Å²) >= 11 is 5.71. The van der Waals surface area contributed by atoms with Gasteiger partial charge in [-0.25, -0.2) is 4.39 Å². The van der Waals surface area contributed by atoms with Crippen LogP contribution in [0.25, 0.3) is 0 Å². The minimum Gasteiger partial charge on any atom is -0.468 e. The zero-order valence-corrected chi connectivity index (χ0v) is 14.9. The molecular weight excluding hydrogens is 359 g/mol. The molecule has 0 fully saturated rings. The molecule has 0 saturated carbocycles. The molecule has 0 aliphatic carbocycles. The van der Waals surface area contributed by atoms with Crippen molar-refractivity contribution >= 4 is 29.2 Å². The number of benzene rings is 2. The first kappa shape index (κ1) is 18.4. The van der Waals surface area contributed by atoms with Gasteiger partial charge in [0, 0.05) is 11.6 Å². The van der Waals surface area contributed by atoms with Crippen LogP contribution in [0, 0.1) is 5.82 Å². The molecule has 2 aromatic rings. The second-order valence-corrected chi connectivity index (χ2v) is 6.53. The van der Waals surface area contributed by atoms with Gasteiger partial charge >= 0.3 is 5.97 Å². The summed E-state index contributed by atoms with van der Waals surface area (Å²) in [6.45, 7) is 0.378. The number of nitrogens with zero attached hydrogens (tertiary/aromatic N) is 1. The van der Waals surface area contributed by atoms with Gasteiger partial charge in [0.25, 0.3) is 0 Å². The molecule has 2 aromatic carbocycles. The molecule has 26 heavy (non-hydrogen) atoms. The number of esters is 1. The van der Waals surface area contributed by atoms with Crippen molar-refractivity contribution in [3.8, 4) is 0 Å². The molecule has 0 saturated heterocycles. The molecule has 0 aromatic heterocycles. The highest BCUT2D eigenvalue weighted by molar-refractivity contribution is 6.30. The lowest BCUT2D eigenvalue weighted by Crippen LogP contribution is -2.49. The Labute approximate surface area is 155 Å². The zero-order valence-electron chi connectivity index (χ0n) is 14.2. The van der Waals surface area contributed by atoms with Crippen molar-refractivity contribution in [1.82, 2.24) is 4.90 Å². The van der Waals surface area contributed by atoms with E-state index in [-0.39, 0.29) is 17.3 Å². The largest absolute Gasteiger partial charge is 0.468 e. The van der Waals surface area contributed by atoms with E-state index in [0.29, 0.717) is 13.0 Å². The number of hydrogen-bond acceptors (Lipinski definition) is 4. The van der Waals surface area contributed by atoms with Gasteiger partial charge in [-0.05, 0) is 35.7 Å². The Hall–Kier alpha value is -2.44. The number of fused-ring (bicyclic) bond motifs is 1. The van der Waals surface area contributed by atoms with Gasteiger partial charge in [-0.15, -0.1) is 0 Å². The van der Waals surface area contributed by atoms with Crippen molar-refractivity contribution in [3.05, 3.63) is 64.4 Å². The second-order valence-electron chi connectivity index (χ2n) is 6.09. The first-order chi connectivity index (χ1) is 12.5. The number of amides is 1. The fourth-order valence-electron chi connectivity index (χ4n) is 3.08. The molecule has 0 unspecified atom stereocenters. The van der Waals surface area contributed by atoms with E-state index in [0.717, 1.165) is 17.2 Å². The van der Waals surface area contributed by atoms with Crippen molar-refractivity contribution in [3.63, 3.8) is 0 Å². The number of rotatable bonds is 4. The average Bonchev–Trinajstić information content (AvgIpc) is 2.63. The van der Waals surface area contributed by atoms with Gasteiger partial charge in [0.15, 0.2) is 0 Å². The van der Waals surface area contributed by atoms with Crippen molar-refractivity contribution in [2.75, 3.05) is 19.0 Å². The van der Waals surface area contributed by atoms with Gasteiger partial charge in [-0.1, -0.05) is 35.9 Å². The van der Waals surface area contributed by atoms with Gasteiger partial charge in [-0.3, -0.25) is 14.5 Å². The molecule has 7 heteroatoms. The molecule has 1 atom stereocenters. The Balaban J connectivity index is 1.75. The molecule has 136 valence electrons. The summed E-state index contributed by atoms with van der Waals surface area (Å²) in [6, 6.07) is 11.2. The van der Waals surface area contributed by atoms with Crippen molar-refractivity contribution in [2.24, 2.45) is 0 Å². The molecule has 5 nitrogen and oxygen atoms in total. The van der Waals surface area contributed by atoms with Gasteiger partial charge in [0.05, 0.1) is 19.3 Å². The highest BCUT2D eigenvalue weighted by Crippen LogP contribution is 2.24. The van der Waals surface area contributed by atoms with Crippen LogP contribution in [0.1, 0.15) is 11.1 Å². The van der Waals surface area contributed by atoms with Crippen LogP contribution in [0.3, 0.4) is 0 Å². The Bertz CT molecular complexity index is 843. The summed E-state index contributed by atoms with van der Waals surface area (Å²) in [5.74, 6) is -1.43. The average molecular weight is 377 g/mol. The lowest BCUT2D eigenvalue weighted by atomic mass is 9.94. The molecule has 1 aliphatic rings. The van der Waals surface area contributed by atoms with Crippen LogP contribution in [0.5, 0.6) is 0 Å². The third kappa shape index (κ3) is 4.03. The lowest BCUT2D eigenvalue weighted by Gasteiger charge is -2.34. The third-order valence-corrected chi connectivity index (χ3v) is 4.61. The topological polar surface area (TPSA) is 58.6 Å². The summed E-state index contributed by atoms with van der Waals surface area (Å²) in [4.78, 5) is 26.3. The monoisotopic (exact) mass is 376 g/mol. The fraction of sp³-hybridized carbons (Fsp3) is 0.263. The van der Waals surface area contributed by atoms with Crippen LogP contribution in [0.2, 0.25) is 5.02 Å². The Morgan fingerprint density at radius 2 is 2.00 bits per heavy atom. The minimum atomic E-state index is -0.612. The standard InChI is InChI=1S/C19H18ClFN2O3/c1-26-19(25)17-8-12-4-2-3-5-13(12)10-23(17)11-18(24)22-16-7-6-14(20)9-15(16)21/h2-7,9,17H,8,10-11H2,1H3,(H,22,24)/t17-/m0/s1. The molecule has 1 N–H and O–H groups in total. The number of methoxy groups -OCH3 is 1. The maximum absolute atomic E-state index is 13.9. The number of halogens is 2. The fourth-order valence-corrected chi connectivity index (χ4v) is 3.24. The van der Waals surface area contributed by atoms with Crippen LogP contribution >= 0.6 is 11.6 Å². The maximum Gasteiger partial charge on any atom is 0.323 e.